The van der Waals surface area contributed by atoms with E-state index in [1.807, 2.05) is 38.1 Å². The zero-order valence-corrected chi connectivity index (χ0v) is 15.2. The summed E-state index contributed by atoms with van der Waals surface area (Å²) in [4.78, 5) is 0.229. The standard InChI is InChI=1S/C18H23NO4S/c1-5-17(14-6-8-15(22-3)9-7-14)19-24(20,21)16-10-11-18(23-4)13(2)12-16/h6-12,17,19H,5H2,1-4H3/t17-/m0/s1. The third-order valence-electron chi connectivity index (χ3n) is 3.90. The van der Waals surface area contributed by atoms with Gasteiger partial charge in [-0.2, -0.15) is 0 Å². The summed E-state index contributed by atoms with van der Waals surface area (Å²) in [6.07, 6.45) is 0.640. The number of rotatable bonds is 7. The average molecular weight is 349 g/mol. The van der Waals surface area contributed by atoms with Gasteiger partial charge in [0.05, 0.1) is 19.1 Å². The molecule has 0 saturated carbocycles. The second-order valence-electron chi connectivity index (χ2n) is 5.49. The van der Waals surface area contributed by atoms with E-state index in [0.29, 0.717) is 12.2 Å². The predicted octanol–water partition coefficient (Wildman–Crippen LogP) is 3.44. The minimum atomic E-state index is -3.62. The highest BCUT2D eigenvalue weighted by atomic mass is 32.2. The van der Waals surface area contributed by atoms with Gasteiger partial charge in [-0.15, -0.1) is 0 Å². The first kappa shape index (κ1) is 18.3. The molecular formula is C18H23NO4S. The lowest BCUT2D eigenvalue weighted by Crippen LogP contribution is -2.28. The van der Waals surface area contributed by atoms with E-state index in [0.717, 1.165) is 16.9 Å². The van der Waals surface area contributed by atoms with Crippen LogP contribution < -0.4 is 14.2 Å². The smallest absolute Gasteiger partial charge is 0.241 e. The molecule has 130 valence electrons. The summed E-state index contributed by atoms with van der Waals surface area (Å²) in [7, 11) is -0.460. The zero-order valence-electron chi connectivity index (χ0n) is 14.4. The highest BCUT2D eigenvalue weighted by Crippen LogP contribution is 2.25. The fourth-order valence-corrected chi connectivity index (χ4v) is 3.89. The van der Waals surface area contributed by atoms with Gasteiger partial charge in [0.15, 0.2) is 0 Å². The molecule has 0 heterocycles. The first-order valence-electron chi connectivity index (χ1n) is 7.72. The molecule has 0 aliphatic carbocycles. The van der Waals surface area contributed by atoms with E-state index in [1.165, 1.54) is 0 Å². The molecule has 0 radical (unpaired) electrons. The molecule has 0 saturated heterocycles. The highest BCUT2D eigenvalue weighted by molar-refractivity contribution is 7.89. The SMILES string of the molecule is CC[C@H](NS(=O)(=O)c1ccc(OC)c(C)c1)c1ccc(OC)cc1. The molecular weight excluding hydrogens is 326 g/mol. The lowest BCUT2D eigenvalue weighted by atomic mass is 10.1. The molecule has 0 amide bonds. The van der Waals surface area contributed by atoms with Gasteiger partial charge >= 0.3 is 0 Å². The van der Waals surface area contributed by atoms with E-state index >= 15 is 0 Å². The summed E-state index contributed by atoms with van der Waals surface area (Å²) in [5.41, 5.74) is 1.67. The van der Waals surface area contributed by atoms with Gasteiger partial charge in [-0.3, -0.25) is 0 Å². The van der Waals surface area contributed by atoms with E-state index in [9.17, 15) is 8.42 Å². The first-order valence-corrected chi connectivity index (χ1v) is 9.20. The Kier molecular flexibility index (Phi) is 5.85. The van der Waals surface area contributed by atoms with Crippen LogP contribution >= 0.6 is 0 Å². The number of sulfonamides is 1. The van der Waals surface area contributed by atoms with Crippen LogP contribution in [0.1, 0.15) is 30.5 Å². The van der Waals surface area contributed by atoms with Gasteiger partial charge in [-0.25, -0.2) is 13.1 Å². The normalized spacial score (nSPS) is 12.7. The van der Waals surface area contributed by atoms with Crippen molar-refractivity contribution in [3.63, 3.8) is 0 Å². The maximum absolute atomic E-state index is 12.7. The van der Waals surface area contributed by atoms with Crippen LogP contribution in [0, 0.1) is 6.92 Å². The Morgan fingerprint density at radius 1 is 1.04 bits per heavy atom. The Balaban J connectivity index is 2.26. The lowest BCUT2D eigenvalue weighted by molar-refractivity contribution is 0.411. The van der Waals surface area contributed by atoms with Gasteiger partial charge in [0.1, 0.15) is 11.5 Å². The number of benzene rings is 2. The molecule has 24 heavy (non-hydrogen) atoms. The van der Waals surface area contributed by atoms with Gasteiger partial charge in [0.25, 0.3) is 0 Å². The van der Waals surface area contributed by atoms with Crippen molar-refractivity contribution in [3.05, 3.63) is 53.6 Å². The van der Waals surface area contributed by atoms with Gasteiger partial charge in [0, 0.05) is 6.04 Å². The summed E-state index contributed by atoms with van der Waals surface area (Å²) in [6.45, 7) is 3.76. The fourth-order valence-electron chi connectivity index (χ4n) is 2.50. The largest absolute Gasteiger partial charge is 0.497 e. The number of aryl methyl sites for hydroxylation is 1. The van der Waals surface area contributed by atoms with E-state index < -0.39 is 10.0 Å². The topological polar surface area (TPSA) is 64.6 Å². The molecule has 0 aliphatic heterocycles. The number of nitrogens with one attached hydrogen (secondary N) is 1. The number of methoxy groups -OCH3 is 2. The molecule has 2 rings (SSSR count). The van der Waals surface area contributed by atoms with Gasteiger partial charge in [-0.05, 0) is 54.8 Å². The number of hydrogen-bond acceptors (Lipinski definition) is 4. The third-order valence-corrected chi connectivity index (χ3v) is 5.37. The molecule has 1 N–H and O–H groups in total. The van der Waals surface area contributed by atoms with Gasteiger partial charge < -0.3 is 9.47 Å². The number of hydrogen-bond donors (Lipinski definition) is 1. The lowest BCUT2D eigenvalue weighted by Gasteiger charge is -2.18. The molecule has 0 unspecified atom stereocenters. The van der Waals surface area contributed by atoms with Crippen LogP contribution in [0.25, 0.3) is 0 Å². The average Bonchev–Trinajstić information content (AvgIpc) is 2.59. The Labute approximate surface area is 143 Å². The fraction of sp³-hybridized carbons (Fsp3) is 0.333. The molecule has 2 aromatic carbocycles. The van der Waals surface area contributed by atoms with Crippen molar-refractivity contribution in [2.75, 3.05) is 14.2 Å². The molecule has 0 fully saturated rings. The molecule has 2 aromatic rings. The van der Waals surface area contributed by atoms with Crippen LogP contribution in [-0.2, 0) is 10.0 Å². The maximum atomic E-state index is 12.7. The van der Waals surface area contributed by atoms with Crippen LogP contribution in [0.5, 0.6) is 11.5 Å². The van der Waals surface area contributed by atoms with Gasteiger partial charge in [0.2, 0.25) is 10.0 Å². The third kappa shape index (κ3) is 4.07. The molecule has 0 spiro atoms. The molecule has 5 nitrogen and oxygen atoms in total. The van der Waals surface area contributed by atoms with Crippen molar-refractivity contribution in [2.45, 2.75) is 31.2 Å². The molecule has 0 aliphatic rings. The second-order valence-corrected chi connectivity index (χ2v) is 7.20. The molecule has 6 heteroatoms. The van der Waals surface area contributed by atoms with Crippen molar-refractivity contribution >= 4 is 10.0 Å². The van der Waals surface area contributed by atoms with E-state index in [-0.39, 0.29) is 10.9 Å². The summed E-state index contributed by atoms with van der Waals surface area (Å²) in [6, 6.07) is 11.9. The second kappa shape index (κ2) is 7.68. The summed E-state index contributed by atoms with van der Waals surface area (Å²) >= 11 is 0. The monoisotopic (exact) mass is 349 g/mol. The summed E-state index contributed by atoms with van der Waals surface area (Å²) in [5, 5.41) is 0. The van der Waals surface area contributed by atoms with Crippen LogP contribution in [0.4, 0.5) is 0 Å². The van der Waals surface area contributed by atoms with Crippen molar-refractivity contribution in [1.29, 1.82) is 0 Å². The van der Waals surface area contributed by atoms with Crippen molar-refractivity contribution in [3.8, 4) is 11.5 Å². The van der Waals surface area contributed by atoms with Crippen LogP contribution in [-0.4, -0.2) is 22.6 Å². The van der Waals surface area contributed by atoms with Crippen molar-refractivity contribution in [2.24, 2.45) is 0 Å². The van der Waals surface area contributed by atoms with Crippen molar-refractivity contribution < 1.29 is 17.9 Å². The van der Waals surface area contributed by atoms with E-state index in [2.05, 4.69) is 4.72 Å². The first-order chi connectivity index (χ1) is 11.4. The Bertz CT molecular complexity index is 785. The number of ether oxygens (including phenoxy) is 2. The van der Waals surface area contributed by atoms with Crippen LogP contribution in [0.3, 0.4) is 0 Å². The quantitative estimate of drug-likeness (QED) is 0.832. The predicted molar refractivity (Wildman–Crippen MR) is 94.1 cm³/mol. The molecule has 0 aromatic heterocycles. The van der Waals surface area contributed by atoms with Crippen LogP contribution in [0.2, 0.25) is 0 Å². The Morgan fingerprint density at radius 2 is 1.71 bits per heavy atom. The van der Waals surface area contributed by atoms with Crippen LogP contribution in [0.15, 0.2) is 47.4 Å². The zero-order chi connectivity index (χ0) is 17.7. The molecule has 0 bridgehead atoms. The summed E-state index contributed by atoms with van der Waals surface area (Å²) < 4.78 is 38.4. The Morgan fingerprint density at radius 3 is 2.21 bits per heavy atom. The Hall–Kier alpha value is -2.05. The highest BCUT2D eigenvalue weighted by Gasteiger charge is 2.21. The summed E-state index contributed by atoms with van der Waals surface area (Å²) in [5.74, 6) is 1.40. The molecule has 1 atom stereocenters. The van der Waals surface area contributed by atoms with E-state index in [1.54, 1.807) is 32.4 Å². The van der Waals surface area contributed by atoms with Gasteiger partial charge in [-0.1, -0.05) is 19.1 Å². The van der Waals surface area contributed by atoms with Crippen molar-refractivity contribution in [1.82, 2.24) is 4.72 Å². The van der Waals surface area contributed by atoms with E-state index in [4.69, 9.17) is 9.47 Å². The maximum Gasteiger partial charge on any atom is 0.241 e. The minimum absolute atomic E-state index is 0.229. The minimum Gasteiger partial charge on any atom is -0.497 e.